The van der Waals surface area contributed by atoms with Crippen LogP contribution in [-0.2, 0) is 19.1 Å². The third kappa shape index (κ3) is 1.70. The summed E-state index contributed by atoms with van der Waals surface area (Å²) in [6, 6.07) is -0.833. The zero-order chi connectivity index (χ0) is 11.1. The van der Waals surface area contributed by atoms with Gasteiger partial charge in [-0.1, -0.05) is 0 Å². The van der Waals surface area contributed by atoms with E-state index in [9.17, 15) is 9.59 Å². The Kier molecular flexibility index (Phi) is 2.40. The molecular weight excluding hydrogens is 202 g/mol. The minimum Gasteiger partial charge on any atom is -0.480 e. The van der Waals surface area contributed by atoms with E-state index >= 15 is 0 Å². The summed E-state index contributed by atoms with van der Waals surface area (Å²) in [6.45, 7) is 2.47. The van der Waals surface area contributed by atoms with Gasteiger partial charge in [0.05, 0.1) is 19.8 Å². The number of hydrogen-bond donors (Lipinski definition) is 1. The van der Waals surface area contributed by atoms with Crippen LogP contribution in [0.5, 0.6) is 0 Å². The molecule has 2 heterocycles. The summed E-state index contributed by atoms with van der Waals surface area (Å²) in [6.07, 6.45) is 0.210. The second-order valence-electron chi connectivity index (χ2n) is 3.81. The van der Waals surface area contributed by atoms with Crippen molar-refractivity contribution >= 4 is 11.9 Å². The van der Waals surface area contributed by atoms with E-state index in [1.54, 1.807) is 0 Å². The molecule has 6 nitrogen and oxygen atoms in total. The number of amides is 1. The fourth-order valence-corrected chi connectivity index (χ4v) is 2.10. The highest BCUT2D eigenvalue weighted by Gasteiger charge is 2.51. The van der Waals surface area contributed by atoms with Gasteiger partial charge in [-0.2, -0.15) is 0 Å². The number of ether oxygens (including phenoxy) is 2. The molecule has 0 aromatic heterocycles. The van der Waals surface area contributed by atoms with E-state index in [0.29, 0.717) is 13.2 Å². The van der Waals surface area contributed by atoms with Crippen molar-refractivity contribution < 1.29 is 24.2 Å². The van der Waals surface area contributed by atoms with Gasteiger partial charge >= 0.3 is 5.97 Å². The molecule has 1 atom stereocenters. The van der Waals surface area contributed by atoms with Crippen molar-refractivity contribution in [2.75, 3.05) is 19.8 Å². The number of carbonyl (C=O) groups excluding carboxylic acids is 1. The Morgan fingerprint density at radius 2 is 2.00 bits per heavy atom. The third-order valence-corrected chi connectivity index (χ3v) is 2.79. The van der Waals surface area contributed by atoms with Crippen LogP contribution in [0, 0.1) is 0 Å². The van der Waals surface area contributed by atoms with Gasteiger partial charge < -0.3 is 19.5 Å². The van der Waals surface area contributed by atoms with Crippen LogP contribution in [0.25, 0.3) is 0 Å². The van der Waals surface area contributed by atoms with Gasteiger partial charge in [-0.05, 0) is 0 Å². The maximum Gasteiger partial charge on any atom is 0.326 e. The Morgan fingerprint density at radius 3 is 2.40 bits per heavy atom. The highest BCUT2D eigenvalue weighted by atomic mass is 16.7. The fourth-order valence-electron chi connectivity index (χ4n) is 2.10. The molecule has 2 saturated heterocycles. The van der Waals surface area contributed by atoms with Gasteiger partial charge in [0.15, 0.2) is 5.79 Å². The largest absolute Gasteiger partial charge is 0.480 e. The lowest BCUT2D eigenvalue weighted by Crippen LogP contribution is -2.40. The molecule has 6 heteroatoms. The van der Waals surface area contributed by atoms with Crippen LogP contribution in [-0.4, -0.2) is 53.5 Å². The van der Waals surface area contributed by atoms with Crippen molar-refractivity contribution in [2.24, 2.45) is 0 Å². The number of likely N-dealkylation sites (tertiary alicyclic amines) is 1. The molecule has 0 unspecified atom stereocenters. The van der Waals surface area contributed by atoms with Crippen molar-refractivity contribution in [1.82, 2.24) is 4.90 Å². The molecule has 2 fully saturated rings. The summed E-state index contributed by atoms with van der Waals surface area (Å²) in [4.78, 5) is 23.5. The molecule has 0 saturated carbocycles. The van der Waals surface area contributed by atoms with Crippen molar-refractivity contribution in [3.63, 3.8) is 0 Å². The van der Waals surface area contributed by atoms with Gasteiger partial charge in [0.1, 0.15) is 6.04 Å². The summed E-state index contributed by atoms with van der Waals surface area (Å²) >= 11 is 0. The minimum absolute atomic E-state index is 0.208. The SMILES string of the molecule is CC(=O)N1CC2(C[C@@H]1C(=O)O)OCCO2. The van der Waals surface area contributed by atoms with Crippen LogP contribution in [0.3, 0.4) is 0 Å². The number of hydrogen-bond acceptors (Lipinski definition) is 4. The monoisotopic (exact) mass is 215 g/mol. The predicted octanol–water partition coefficient (Wildman–Crippen LogP) is -0.565. The second kappa shape index (κ2) is 3.46. The molecule has 84 valence electrons. The molecule has 0 aromatic carbocycles. The van der Waals surface area contributed by atoms with Crippen molar-refractivity contribution in [1.29, 1.82) is 0 Å². The average Bonchev–Trinajstić information content (AvgIpc) is 2.74. The molecule has 1 spiro atoms. The highest BCUT2D eigenvalue weighted by molar-refractivity contribution is 5.83. The van der Waals surface area contributed by atoms with Gasteiger partial charge in [-0.3, -0.25) is 4.79 Å². The topological polar surface area (TPSA) is 76.1 Å². The van der Waals surface area contributed by atoms with E-state index in [1.807, 2.05) is 0 Å². The Balaban J connectivity index is 2.18. The summed E-state index contributed by atoms with van der Waals surface area (Å²) < 4.78 is 10.8. The number of rotatable bonds is 1. The van der Waals surface area contributed by atoms with Crippen LogP contribution in [0.4, 0.5) is 0 Å². The van der Waals surface area contributed by atoms with E-state index in [4.69, 9.17) is 14.6 Å². The van der Waals surface area contributed by atoms with Crippen LogP contribution in [0.15, 0.2) is 0 Å². The Hall–Kier alpha value is -1.14. The van der Waals surface area contributed by atoms with Crippen molar-refractivity contribution in [3.8, 4) is 0 Å². The number of carboxylic acid groups (broad SMARTS) is 1. The van der Waals surface area contributed by atoms with Crippen LogP contribution >= 0.6 is 0 Å². The van der Waals surface area contributed by atoms with E-state index in [1.165, 1.54) is 11.8 Å². The molecule has 1 N–H and O–H groups in total. The number of carboxylic acids is 1. The highest BCUT2D eigenvalue weighted by Crippen LogP contribution is 2.34. The van der Waals surface area contributed by atoms with E-state index in [-0.39, 0.29) is 18.9 Å². The van der Waals surface area contributed by atoms with Crippen molar-refractivity contribution in [3.05, 3.63) is 0 Å². The molecule has 2 aliphatic heterocycles. The Morgan fingerprint density at radius 1 is 1.40 bits per heavy atom. The zero-order valence-corrected chi connectivity index (χ0v) is 8.43. The molecular formula is C9H13NO5. The first-order chi connectivity index (χ1) is 7.04. The van der Waals surface area contributed by atoms with E-state index < -0.39 is 17.8 Å². The number of carbonyl (C=O) groups is 2. The summed E-state index contributed by atoms with van der Waals surface area (Å²) in [5.41, 5.74) is 0. The van der Waals surface area contributed by atoms with E-state index in [0.717, 1.165) is 0 Å². The van der Waals surface area contributed by atoms with Gasteiger partial charge in [0, 0.05) is 13.3 Å². The van der Waals surface area contributed by atoms with E-state index in [2.05, 4.69) is 0 Å². The standard InChI is InChI=1S/C9H13NO5/c1-6(11)10-5-9(14-2-3-15-9)4-7(10)8(12)13/h7H,2-5H2,1H3,(H,12,13)/t7-/m1/s1. The first-order valence-corrected chi connectivity index (χ1v) is 4.82. The normalized spacial score (nSPS) is 28.6. The molecule has 0 aliphatic carbocycles. The van der Waals surface area contributed by atoms with Gasteiger partial charge in [-0.15, -0.1) is 0 Å². The molecule has 0 aromatic rings. The van der Waals surface area contributed by atoms with Gasteiger partial charge in [0.25, 0.3) is 0 Å². The summed E-state index contributed by atoms with van der Waals surface area (Å²) in [7, 11) is 0. The maximum atomic E-state index is 11.3. The zero-order valence-electron chi connectivity index (χ0n) is 8.43. The molecule has 15 heavy (non-hydrogen) atoms. The molecule has 2 aliphatic rings. The van der Waals surface area contributed by atoms with Crippen LogP contribution in [0.2, 0.25) is 0 Å². The Labute approximate surface area is 86.8 Å². The minimum atomic E-state index is -1.01. The average molecular weight is 215 g/mol. The quantitative estimate of drug-likeness (QED) is 0.634. The fraction of sp³-hybridized carbons (Fsp3) is 0.778. The summed E-state index contributed by atoms with van der Waals surface area (Å²) in [5, 5.41) is 8.97. The van der Waals surface area contributed by atoms with Crippen LogP contribution < -0.4 is 0 Å². The van der Waals surface area contributed by atoms with Crippen LogP contribution in [0.1, 0.15) is 13.3 Å². The molecule has 0 radical (unpaired) electrons. The lowest BCUT2D eigenvalue weighted by Gasteiger charge is -2.21. The smallest absolute Gasteiger partial charge is 0.326 e. The number of nitrogens with zero attached hydrogens (tertiary/aromatic N) is 1. The third-order valence-electron chi connectivity index (χ3n) is 2.79. The van der Waals surface area contributed by atoms with Gasteiger partial charge in [-0.25, -0.2) is 4.79 Å². The Bertz CT molecular complexity index is 273. The molecule has 1 amide bonds. The maximum absolute atomic E-state index is 11.3. The van der Waals surface area contributed by atoms with Crippen molar-refractivity contribution in [2.45, 2.75) is 25.2 Å². The lowest BCUT2D eigenvalue weighted by atomic mass is 10.1. The molecule has 0 bridgehead atoms. The molecule has 2 rings (SSSR count). The lowest BCUT2D eigenvalue weighted by molar-refractivity contribution is -0.151. The van der Waals surface area contributed by atoms with Gasteiger partial charge in [0.2, 0.25) is 5.91 Å². The number of aliphatic carboxylic acids is 1. The first kappa shape index (κ1) is 10.4. The summed E-state index contributed by atoms with van der Waals surface area (Å²) in [5.74, 6) is -2.16. The second-order valence-corrected chi connectivity index (χ2v) is 3.81. The first-order valence-electron chi connectivity index (χ1n) is 4.82. The predicted molar refractivity (Wildman–Crippen MR) is 48.1 cm³/mol.